The standard InChI is InChI=1S/C12H21N3/c1-11-7-8-14-15(11)10-9-13-12-5-3-2-4-6-12/h7-8,12-13H,2-6,9-10H2,1H3. The quantitative estimate of drug-likeness (QED) is 0.819. The third kappa shape index (κ3) is 3.06. The molecule has 0 atom stereocenters. The van der Waals surface area contributed by atoms with Crippen molar-refractivity contribution in [2.45, 2.75) is 51.6 Å². The van der Waals surface area contributed by atoms with Gasteiger partial charge in [-0.1, -0.05) is 19.3 Å². The maximum absolute atomic E-state index is 4.28. The molecule has 0 aliphatic heterocycles. The Bertz CT molecular complexity index is 287. The first-order chi connectivity index (χ1) is 7.36. The fourth-order valence-electron chi connectivity index (χ4n) is 2.31. The summed E-state index contributed by atoms with van der Waals surface area (Å²) in [6.45, 7) is 4.15. The largest absolute Gasteiger partial charge is 0.312 e. The molecular weight excluding hydrogens is 186 g/mol. The van der Waals surface area contributed by atoms with Crippen LogP contribution in [0.1, 0.15) is 37.8 Å². The molecule has 0 amide bonds. The molecule has 3 nitrogen and oxygen atoms in total. The maximum Gasteiger partial charge on any atom is 0.0537 e. The van der Waals surface area contributed by atoms with Crippen LogP contribution in [0.25, 0.3) is 0 Å². The van der Waals surface area contributed by atoms with E-state index in [2.05, 4.69) is 28.1 Å². The van der Waals surface area contributed by atoms with Gasteiger partial charge in [-0.25, -0.2) is 0 Å². The smallest absolute Gasteiger partial charge is 0.0537 e. The topological polar surface area (TPSA) is 29.9 Å². The molecule has 1 aliphatic carbocycles. The summed E-state index contributed by atoms with van der Waals surface area (Å²) in [6, 6.07) is 2.82. The average molecular weight is 207 g/mol. The summed E-state index contributed by atoms with van der Waals surface area (Å²) in [6.07, 6.45) is 8.82. The van der Waals surface area contributed by atoms with Gasteiger partial charge >= 0.3 is 0 Å². The van der Waals surface area contributed by atoms with Crippen molar-refractivity contribution >= 4 is 0 Å². The maximum atomic E-state index is 4.28. The summed E-state index contributed by atoms with van der Waals surface area (Å²) in [5.74, 6) is 0. The van der Waals surface area contributed by atoms with Crippen molar-refractivity contribution in [3.63, 3.8) is 0 Å². The molecule has 0 bridgehead atoms. The van der Waals surface area contributed by atoms with Crippen LogP contribution in [0.4, 0.5) is 0 Å². The Morgan fingerprint density at radius 1 is 1.40 bits per heavy atom. The van der Waals surface area contributed by atoms with E-state index in [4.69, 9.17) is 0 Å². The molecule has 1 aromatic heterocycles. The molecule has 1 saturated carbocycles. The summed E-state index contributed by atoms with van der Waals surface area (Å²) >= 11 is 0. The highest BCUT2D eigenvalue weighted by Gasteiger charge is 2.11. The van der Waals surface area contributed by atoms with Crippen LogP contribution < -0.4 is 5.32 Å². The number of nitrogens with zero attached hydrogens (tertiary/aromatic N) is 2. The van der Waals surface area contributed by atoms with Gasteiger partial charge in [0.1, 0.15) is 0 Å². The van der Waals surface area contributed by atoms with Crippen molar-refractivity contribution in [3.8, 4) is 0 Å². The molecule has 1 fully saturated rings. The highest BCUT2D eigenvalue weighted by Crippen LogP contribution is 2.17. The zero-order chi connectivity index (χ0) is 10.5. The van der Waals surface area contributed by atoms with Crippen molar-refractivity contribution in [2.24, 2.45) is 0 Å². The Morgan fingerprint density at radius 2 is 2.20 bits per heavy atom. The molecule has 2 rings (SSSR count). The molecule has 1 N–H and O–H groups in total. The second kappa shape index (κ2) is 5.31. The highest BCUT2D eigenvalue weighted by molar-refractivity contribution is 4.96. The number of aromatic nitrogens is 2. The normalized spacial score (nSPS) is 18.2. The summed E-state index contributed by atoms with van der Waals surface area (Å²) in [5.41, 5.74) is 1.25. The number of rotatable bonds is 4. The molecule has 15 heavy (non-hydrogen) atoms. The van der Waals surface area contributed by atoms with Gasteiger partial charge < -0.3 is 5.32 Å². The van der Waals surface area contributed by atoms with E-state index in [0.29, 0.717) is 0 Å². The third-order valence-corrected chi connectivity index (χ3v) is 3.29. The monoisotopic (exact) mass is 207 g/mol. The molecule has 1 heterocycles. The Labute approximate surface area is 91.9 Å². The van der Waals surface area contributed by atoms with Crippen molar-refractivity contribution in [2.75, 3.05) is 6.54 Å². The molecule has 3 heteroatoms. The van der Waals surface area contributed by atoms with Crippen molar-refractivity contribution in [1.82, 2.24) is 15.1 Å². The first-order valence-electron chi connectivity index (χ1n) is 6.08. The second-order valence-electron chi connectivity index (χ2n) is 4.48. The van der Waals surface area contributed by atoms with E-state index in [1.807, 2.05) is 6.20 Å². The number of hydrogen-bond donors (Lipinski definition) is 1. The second-order valence-corrected chi connectivity index (χ2v) is 4.48. The average Bonchev–Trinajstić information content (AvgIpc) is 2.66. The minimum Gasteiger partial charge on any atom is -0.312 e. The van der Waals surface area contributed by atoms with E-state index in [9.17, 15) is 0 Å². The molecule has 84 valence electrons. The number of aryl methyl sites for hydroxylation is 1. The van der Waals surface area contributed by atoms with Gasteiger partial charge in [-0.2, -0.15) is 5.10 Å². The zero-order valence-corrected chi connectivity index (χ0v) is 9.58. The minimum atomic E-state index is 0.759. The molecular formula is C12H21N3. The summed E-state index contributed by atoms with van der Waals surface area (Å²) < 4.78 is 2.07. The number of nitrogens with one attached hydrogen (secondary N) is 1. The van der Waals surface area contributed by atoms with E-state index < -0.39 is 0 Å². The van der Waals surface area contributed by atoms with E-state index >= 15 is 0 Å². The van der Waals surface area contributed by atoms with Crippen LogP contribution in [0.3, 0.4) is 0 Å². The van der Waals surface area contributed by atoms with E-state index in [0.717, 1.165) is 19.1 Å². The predicted octanol–water partition coefficient (Wildman–Crippen LogP) is 2.11. The molecule has 0 unspecified atom stereocenters. The lowest BCUT2D eigenvalue weighted by Gasteiger charge is -2.22. The fourth-order valence-corrected chi connectivity index (χ4v) is 2.31. The van der Waals surface area contributed by atoms with Crippen LogP contribution in [0.2, 0.25) is 0 Å². The van der Waals surface area contributed by atoms with Crippen molar-refractivity contribution in [3.05, 3.63) is 18.0 Å². The zero-order valence-electron chi connectivity index (χ0n) is 9.58. The Morgan fingerprint density at radius 3 is 2.87 bits per heavy atom. The van der Waals surface area contributed by atoms with Gasteiger partial charge in [0.2, 0.25) is 0 Å². The predicted molar refractivity (Wildman–Crippen MR) is 61.8 cm³/mol. The van der Waals surface area contributed by atoms with Gasteiger partial charge in [0.25, 0.3) is 0 Å². The summed E-state index contributed by atoms with van der Waals surface area (Å²) in [7, 11) is 0. The molecule has 0 radical (unpaired) electrons. The van der Waals surface area contributed by atoms with E-state index in [1.54, 1.807) is 0 Å². The van der Waals surface area contributed by atoms with Gasteiger partial charge in [0.05, 0.1) is 6.54 Å². The molecule has 0 spiro atoms. The highest BCUT2D eigenvalue weighted by atomic mass is 15.3. The van der Waals surface area contributed by atoms with Gasteiger partial charge in [0.15, 0.2) is 0 Å². The van der Waals surface area contributed by atoms with E-state index in [1.165, 1.54) is 37.8 Å². The van der Waals surface area contributed by atoms with Gasteiger partial charge in [0, 0.05) is 24.5 Å². The third-order valence-electron chi connectivity index (χ3n) is 3.29. The van der Waals surface area contributed by atoms with E-state index in [-0.39, 0.29) is 0 Å². The first-order valence-corrected chi connectivity index (χ1v) is 6.08. The lowest BCUT2D eigenvalue weighted by molar-refractivity contribution is 0.364. The summed E-state index contributed by atoms with van der Waals surface area (Å²) in [4.78, 5) is 0. The molecule has 1 aliphatic rings. The molecule has 0 aromatic carbocycles. The Kier molecular flexibility index (Phi) is 3.78. The minimum absolute atomic E-state index is 0.759. The molecule has 0 saturated heterocycles. The fraction of sp³-hybridized carbons (Fsp3) is 0.750. The van der Waals surface area contributed by atoms with Crippen molar-refractivity contribution < 1.29 is 0 Å². The Hall–Kier alpha value is -0.830. The van der Waals surface area contributed by atoms with Crippen LogP contribution >= 0.6 is 0 Å². The number of hydrogen-bond acceptors (Lipinski definition) is 2. The van der Waals surface area contributed by atoms with Gasteiger partial charge in [-0.3, -0.25) is 4.68 Å². The van der Waals surface area contributed by atoms with Crippen LogP contribution in [0.15, 0.2) is 12.3 Å². The van der Waals surface area contributed by atoms with Crippen LogP contribution in [-0.4, -0.2) is 22.4 Å². The SMILES string of the molecule is Cc1ccnn1CCNC1CCCCC1. The van der Waals surface area contributed by atoms with Crippen molar-refractivity contribution in [1.29, 1.82) is 0 Å². The lowest BCUT2D eigenvalue weighted by Crippen LogP contribution is -2.33. The van der Waals surface area contributed by atoms with Gasteiger partial charge in [-0.15, -0.1) is 0 Å². The lowest BCUT2D eigenvalue weighted by atomic mass is 9.95. The molecule has 1 aromatic rings. The summed E-state index contributed by atoms with van der Waals surface area (Å²) in [5, 5.41) is 7.90. The van der Waals surface area contributed by atoms with Crippen LogP contribution in [-0.2, 0) is 6.54 Å². The van der Waals surface area contributed by atoms with Crippen LogP contribution in [0.5, 0.6) is 0 Å². The Balaban J connectivity index is 1.68. The van der Waals surface area contributed by atoms with Gasteiger partial charge in [-0.05, 0) is 25.8 Å². The van der Waals surface area contributed by atoms with Crippen LogP contribution in [0, 0.1) is 6.92 Å². The first kappa shape index (κ1) is 10.7.